The normalized spacial score (nSPS) is 13.8. The molecule has 1 aliphatic rings. The van der Waals surface area contributed by atoms with Gasteiger partial charge in [0.05, 0.1) is 18.8 Å². The number of piperazine rings is 1. The Morgan fingerprint density at radius 1 is 0.967 bits per heavy atom. The van der Waals surface area contributed by atoms with Crippen LogP contribution in [0.2, 0.25) is 0 Å². The van der Waals surface area contributed by atoms with Gasteiger partial charge in [-0.2, -0.15) is 0 Å². The van der Waals surface area contributed by atoms with E-state index in [1.807, 2.05) is 36.4 Å². The quantitative estimate of drug-likeness (QED) is 0.735. The van der Waals surface area contributed by atoms with Crippen molar-refractivity contribution in [1.82, 2.24) is 10.2 Å². The number of para-hydroxylation sites is 3. The van der Waals surface area contributed by atoms with E-state index in [1.54, 1.807) is 11.0 Å². The van der Waals surface area contributed by atoms with Gasteiger partial charge in [-0.25, -0.2) is 4.79 Å². The third-order valence-corrected chi connectivity index (χ3v) is 4.86. The van der Waals surface area contributed by atoms with Crippen LogP contribution in [-0.2, 0) is 4.79 Å². The van der Waals surface area contributed by atoms with Gasteiger partial charge in [0.25, 0.3) is 0 Å². The molecule has 7 heteroatoms. The highest BCUT2D eigenvalue weighted by Gasteiger charge is 2.21. The summed E-state index contributed by atoms with van der Waals surface area (Å²) in [5.41, 5.74) is 1.75. The van der Waals surface area contributed by atoms with Crippen molar-refractivity contribution in [3.63, 3.8) is 0 Å². The van der Waals surface area contributed by atoms with Crippen LogP contribution in [0, 0.1) is 5.92 Å². The summed E-state index contributed by atoms with van der Waals surface area (Å²) < 4.78 is 5.74. The smallest absolute Gasteiger partial charge is 0.319 e. The second-order valence-corrected chi connectivity index (χ2v) is 7.71. The van der Waals surface area contributed by atoms with E-state index in [4.69, 9.17) is 4.74 Å². The molecule has 160 valence electrons. The third kappa shape index (κ3) is 6.14. The van der Waals surface area contributed by atoms with Crippen molar-refractivity contribution in [2.75, 3.05) is 49.5 Å². The predicted molar refractivity (Wildman–Crippen MR) is 119 cm³/mol. The van der Waals surface area contributed by atoms with E-state index in [2.05, 4.69) is 41.5 Å². The van der Waals surface area contributed by atoms with Gasteiger partial charge < -0.3 is 25.2 Å². The van der Waals surface area contributed by atoms with E-state index in [0.29, 0.717) is 37.1 Å². The first kappa shape index (κ1) is 21.5. The molecule has 1 heterocycles. The lowest BCUT2D eigenvalue weighted by molar-refractivity contribution is -0.130. The third-order valence-electron chi connectivity index (χ3n) is 4.86. The number of rotatable bonds is 7. The van der Waals surface area contributed by atoms with Crippen LogP contribution in [0.5, 0.6) is 5.75 Å². The molecule has 0 bridgehead atoms. The summed E-state index contributed by atoms with van der Waals surface area (Å²) in [6, 6.07) is 17.0. The van der Waals surface area contributed by atoms with E-state index in [1.165, 1.54) is 5.69 Å². The molecule has 0 radical (unpaired) electrons. The zero-order valence-corrected chi connectivity index (χ0v) is 17.6. The fourth-order valence-corrected chi connectivity index (χ4v) is 3.24. The summed E-state index contributed by atoms with van der Waals surface area (Å²) in [6.07, 6.45) is 0. The van der Waals surface area contributed by atoms with Crippen LogP contribution in [0.15, 0.2) is 54.6 Å². The second-order valence-electron chi connectivity index (χ2n) is 7.71. The molecule has 0 spiro atoms. The number of anilines is 2. The number of carbonyl (C=O) groups excluding carboxylic acids is 2. The van der Waals surface area contributed by atoms with Gasteiger partial charge in [-0.3, -0.25) is 4.79 Å². The number of urea groups is 1. The van der Waals surface area contributed by atoms with Gasteiger partial charge in [-0.1, -0.05) is 44.2 Å². The second kappa shape index (κ2) is 10.5. The van der Waals surface area contributed by atoms with Crippen LogP contribution < -0.4 is 20.3 Å². The fraction of sp³-hybridized carbons (Fsp3) is 0.391. The molecule has 2 aromatic carbocycles. The number of ether oxygens (including phenoxy) is 1. The number of carbonyl (C=O) groups is 2. The molecule has 0 aliphatic carbocycles. The molecule has 7 nitrogen and oxygen atoms in total. The lowest BCUT2D eigenvalue weighted by Gasteiger charge is -2.36. The van der Waals surface area contributed by atoms with Gasteiger partial charge in [0.15, 0.2) is 0 Å². The maximum absolute atomic E-state index is 12.5. The van der Waals surface area contributed by atoms with E-state index >= 15 is 0 Å². The molecule has 1 aliphatic heterocycles. The zero-order chi connectivity index (χ0) is 21.3. The summed E-state index contributed by atoms with van der Waals surface area (Å²) in [5, 5.41) is 5.42. The Morgan fingerprint density at radius 3 is 2.33 bits per heavy atom. The predicted octanol–water partition coefficient (Wildman–Crippen LogP) is 3.19. The number of hydrogen-bond donors (Lipinski definition) is 2. The first-order valence-corrected chi connectivity index (χ1v) is 10.4. The Morgan fingerprint density at radius 2 is 1.63 bits per heavy atom. The van der Waals surface area contributed by atoms with E-state index in [9.17, 15) is 9.59 Å². The van der Waals surface area contributed by atoms with Crippen molar-refractivity contribution >= 4 is 23.3 Å². The summed E-state index contributed by atoms with van der Waals surface area (Å²) in [5.74, 6) is 0.916. The van der Waals surface area contributed by atoms with E-state index < -0.39 is 6.03 Å². The van der Waals surface area contributed by atoms with Crippen molar-refractivity contribution in [2.24, 2.45) is 5.92 Å². The maximum Gasteiger partial charge on any atom is 0.319 e. The van der Waals surface area contributed by atoms with Gasteiger partial charge in [-0.05, 0) is 30.2 Å². The average molecular weight is 411 g/mol. The van der Waals surface area contributed by atoms with Crippen molar-refractivity contribution in [3.05, 3.63) is 54.6 Å². The van der Waals surface area contributed by atoms with Gasteiger partial charge in [0.1, 0.15) is 5.75 Å². The minimum Gasteiger partial charge on any atom is -0.491 e. The molecule has 0 aromatic heterocycles. The van der Waals surface area contributed by atoms with Crippen LogP contribution in [0.3, 0.4) is 0 Å². The molecule has 3 rings (SSSR count). The molecule has 2 aromatic rings. The zero-order valence-electron chi connectivity index (χ0n) is 17.6. The highest BCUT2D eigenvalue weighted by atomic mass is 16.5. The largest absolute Gasteiger partial charge is 0.491 e. The minimum absolute atomic E-state index is 0.0355. The summed E-state index contributed by atoms with van der Waals surface area (Å²) >= 11 is 0. The van der Waals surface area contributed by atoms with Crippen molar-refractivity contribution in [2.45, 2.75) is 13.8 Å². The molecular weight excluding hydrogens is 380 g/mol. The molecular formula is C23H30N4O3. The van der Waals surface area contributed by atoms with E-state index in [-0.39, 0.29) is 12.5 Å². The Kier molecular flexibility index (Phi) is 7.54. The maximum atomic E-state index is 12.5. The highest BCUT2D eigenvalue weighted by Crippen LogP contribution is 2.24. The van der Waals surface area contributed by atoms with Crippen LogP contribution >= 0.6 is 0 Å². The molecule has 0 saturated carbocycles. The standard InChI is InChI=1S/C23H30N4O3/c1-18(2)17-30-21-11-7-6-10-20(21)25-23(29)24-16-22(28)27-14-12-26(13-15-27)19-8-4-3-5-9-19/h3-11,18H,12-17H2,1-2H3,(H2,24,25,29). The number of amides is 3. The molecule has 2 N–H and O–H groups in total. The first-order chi connectivity index (χ1) is 14.5. The minimum atomic E-state index is -0.424. The molecule has 1 fully saturated rings. The SMILES string of the molecule is CC(C)COc1ccccc1NC(=O)NCC(=O)N1CCN(c2ccccc2)CC1. The molecule has 3 amide bonds. The lowest BCUT2D eigenvalue weighted by Crippen LogP contribution is -2.51. The highest BCUT2D eigenvalue weighted by molar-refractivity contribution is 5.93. The van der Waals surface area contributed by atoms with Gasteiger partial charge >= 0.3 is 6.03 Å². The summed E-state index contributed by atoms with van der Waals surface area (Å²) in [6.45, 7) is 7.50. The van der Waals surface area contributed by atoms with Crippen molar-refractivity contribution in [3.8, 4) is 5.75 Å². The van der Waals surface area contributed by atoms with Crippen LogP contribution in [0.1, 0.15) is 13.8 Å². The number of nitrogens with zero attached hydrogens (tertiary/aromatic N) is 2. The Bertz CT molecular complexity index is 833. The monoisotopic (exact) mass is 410 g/mol. The average Bonchev–Trinajstić information content (AvgIpc) is 2.77. The molecule has 30 heavy (non-hydrogen) atoms. The fourth-order valence-electron chi connectivity index (χ4n) is 3.24. The van der Waals surface area contributed by atoms with E-state index in [0.717, 1.165) is 13.1 Å². The number of benzene rings is 2. The molecule has 0 atom stereocenters. The summed E-state index contributed by atoms with van der Waals surface area (Å²) in [4.78, 5) is 28.8. The molecule has 0 unspecified atom stereocenters. The number of nitrogens with one attached hydrogen (secondary N) is 2. The Balaban J connectivity index is 1.44. The van der Waals surface area contributed by atoms with Gasteiger partial charge in [-0.15, -0.1) is 0 Å². The van der Waals surface area contributed by atoms with Gasteiger partial charge in [0.2, 0.25) is 5.91 Å². The van der Waals surface area contributed by atoms with Gasteiger partial charge in [0, 0.05) is 31.9 Å². The molecule has 1 saturated heterocycles. The summed E-state index contributed by atoms with van der Waals surface area (Å²) in [7, 11) is 0. The van der Waals surface area contributed by atoms with Crippen LogP contribution in [-0.4, -0.2) is 56.2 Å². The Hall–Kier alpha value is -3.22. The Labute approximate surface area is 178 Å². The van der Waals surface area contributed by atoms with Crippen molar-refractivity contribution in [1.29, 1.82) is 0 Å². The number of hydrogen-bond acceptors (Lipinski definition) is 4. The van der Waals surface area contributed by atoms with Crippen LogP contribution in [0.25, 0.3) is 0 Å². The topological polar surface area (TPSA) is 73.9 Å². The van der Waals surface area contributed by atoms with Crippen molar-refractivity contribution < 1.29 is 14.3 Å². The van der Waals surface area contributed by atoms with Crippen LogP contribution in [0.4, 0.5) is 16.2 Å². The lowest BCUT2D eigenvalue weighted by atomic mass is 10.2. The first-order valence-electron chi connectivity index (χ1n) is 10.4.